The zero-order valence-corrected chi connectivity index (χ0v) is 16.1. The van der Waals surface area contributed by atoms with Gasteiger partial charge in [0.15, 0.2) is 0 Å². The van der Waals surface area contributed by atoms with Crippen LogP contribution in [0.25, 0.3) is 33.8 Å². The topological polar surface area (TPSA) is 96.7 Å². The Balaban J connectivity index is 1.36. The second kappa shape index (κ2) is 7.29. The standard InChI is InChI=1S/C23H17N5O2/c1-14-5-2-3-7-18(14)23-28-27-22(30-23)16-11-9-15(10-12-16)21(29)25-19-8-4-6-17-13-24-26-20(17)19/h2-13H,1H3,(H,24,26)(H,25,29). The Labute approximate surface area is 171 Å². The molecule has 2 N–H and O–H groups in total. The predicted octanol–water partition coefficient (Wildman–Crippen LogP) is 4.84. The first kappa shape index (κ1) is 17.8. The van der Waals surface area contributed by atoms with E-state index in [2.05, 4.69) is 25.7 Å². The van der Waals surface area contributed by atoms with Gasteiger partial charge in [-0.3, -0.25) is 9.89 Å². The van der Waals surface area contributed by atoms with Crippen molar-refractivity contribution in [1.29, 1.82) is 0 Å². The number of fused-ring (bicyclic) bond motifs is 1. The Kier molecular flexibility index (Phi) is 4.33. The third kappa shape index (κ3) is 3.22. The van der Waals surface area contributed by atoms with Crippen molar-refractivity contribution in [2.24, 2.45) is 0 Å². The number of rotatable bonds is 4. The summed E-state index contributed by atoms with van der Waals surface area (Å²) in [5.74, 6) is 0.662. The maximum absolute atomic E-state index is 12.7. The number of benzene rings is 3. The number of aromatic amines is 1. The summed E-state index contributed by atoms with van der Waals surface area (Å²) in [5.41, 5.74) is 4.70. The molecule has 0 bridgehead atoms. The van der Waals surface area contributed by atoms with Crippen LogP contribution in [-0.4, -0.2) is 26.3 Å². The molecule has 146 valence electrons. The molecule has 2 heterocycles. The summed E-state index contributed by atoms with van der Waals surface area (Å²) in [6, 6.07) is 20.5. The third-order valence-corrected chi connectivity index (χ3v) is 4.92. The first-order valence-corrected chi connectivity index (χ1v) is 9.42. The van der Waals surface area contributed by atoms with Crippen LogP contribution in [0.2, 0.25) is 0 Å². The molecule has 7 heteroatoms. The Morgan fingerprint density at radius 2 is 1.73 bits per heavy atom. The molecule has 1 amide bonds. The molecule has 0 fully saturated rings. The molecule has 0 aliphatic rings. The van der Waals surface area contributed by atoms with Gasteiger partial charge in [-0.05, 0) is 48.9 Å². The van der Waals surface area contributed by atoms with Crippen LogP contribution >= 0.6 is 0 Å². The van der Waals surface area contributed by atoms with Gasteiger partial charge in [0.25, 0.3) is 5.91 Å². The first-order chi connectivity index (χ1) is 14.7. The number of nitrogens with one attached hydrogen (secondary N) is 2. The van der Waals surface area contributed by atoms with Crippen LogP contribution in [0.15, 0.2) is 77.3 Å². The molecule has 30 heavy (non-hydrogen) atoms. The number of hydrogen-bond donors (Lipinski definition) is 2. The van der Waals surface area contributed by atoms with E-state index in [1.54, 1.807) is 30.5 Å². The third-order valence-electron chi connectivity index (χ3n) is 4.92. The lowest BCUT2D eigenvalue weighted by atomic mass is 10.1. The number of carbonyl (C=O) groups excluding carboxylic acids is 1. The van der Waals surface area contributed by atoms with E-state index in [1.165, 1.54) is 0 Å². The normalized spacial score (nSPS) is 11.0. The van der Waals surface area contributed by atoms with Gasteiger partial charge in [0.1, 0.15) is 0 Å². The minimum absolute atomic E-state index is 0.213. The monoisotopic (exact) mass is 395 g/mol. The summed E-state index contributed by atoms with van der Waals surface area (Å²) in [4.78, 5) is 12.7. The zero-order chi connectivity index (χ0) is 20.5. The van der Waals surface area contributed by atoms with Crippen molar-refractivity contribution >= 4 is 22.5 Å². The fourth-order valence-electron chi connectivity index (χ4n) is 3.29. The van der Waals surface area contributed by atoms with Crippen LogP contribution in [0.3, 0.4) is 0 Å². The number of anilines is 1. The lowest BCUT2D eigenvalue weighted by Crippen LogP contribution is -2.12. The van der Waals surface area contributed by atoms with E-state index in [0.29, 0.717) is 23.0 Å². The summed E-state index contributed by atoms with van der Waals surface area (Å²) >= 11 is 0. The molecule has 0 unspecified atom stereocenters. The number of hydrogen-bond acceptors (Lipinski definition) is 5. The molecule has 0 aliphatic heterocycles. The van der Waals surface area contributed by atoms with Gasteiger partial charge in [0.2, 0.25) is 11.8 Å². The van der Waals surface area contributed by atoms with Gasteiger partial charge in [-0.15, -0.1) is 10.2 Å². The zero-order valence-electron chi connectivity index (χ0n) is 16.1. The number of nitrogens with zero attached hydrogens (tertiary/aromatic N) is 3. The average Bonchev–Trinajstić information content (AvgIpc) is 3.45. The first-order valence-electron chi connectivity index (χ1n) is 9.42. The summed E-state index contributed by atoms with van der Waals surface area (Å²) in [6.45, 7) is 2.00. The Hall–Kier alpha value is -4.26. The summed E-state index contributed by atoms with van der Waals surface area (Å²) < 4.78 is 5.84. The van der Waals surface area contributed by atoms with Gasteiger partial charge in [0.05, 0.1) is 17.4 Å². The Morgan fingerprint density at radius 1 is 0.933 bits per heavy atom. The molecule has 0 spiro atoms. The molecular formula is C23H17N5O2. The molecule has 0 saturated heterocycles. The highest BCUT2D eigenvalue weighted by atomic mass is 16.4. The quantitative estimate of drug-likeness (QED) is 0.454. The van der Waals surface area contributed by atoms with E-state index in [1.807, 2.05) is 49.4 Å². The van der Waals surface area contributed by atoms with Gasteiger partial charge in [-0.1, -0.05) is 30.3 Å². The summed E-state index contributed by atoms with van der Waals surface area (Å²) in [6.07, 6.45) is 1.72. The van der Waals surface area contributed by atoms with Crippen LogP contribution in [0.4, 0.5) is 5.69 Å². The number of H-pyrrole nitrogens is 1. The number of aryl methyl sites for hydroxylation is 1. The maximum atomic E-state index is 12.7. The molecule has 5 aromatic rings. The fourth-order valence-corrected chi connectivity index (χ4v) is 3.29. The van der Waals surface area contributed by atoms with E-state index >= 15 is 0 Å². The van der Waals surface area contributed by atoms with Crippen molar-refractivity contribution in [3.63, 3.8) is 0 Å². The largest absolute Gasteiger partial charge is 0.416 e. The minimum atomic E-state index is -0.213. The molecule has 0 saturated carbocycles. The van der Waals surface area contributed by atoms with Crippen LogP contribution in [0.5, 0.6) is 0 Å². The van der Waals surface area contributed by atoms with E-state index in [0.717, 1.165) is 27.6 Å². The number of aromatic nitrogens is 4. The van der Waals surface area contributed by atoms with Gasteiger partial charge in [-0.2, -0.15) is 5.10 Å². The van der Waals surface area contributed by atoms with Crippen molar-refractivity contribution in [3.05, 3.63) is 84.1 Å². The fraction of sp³-hybridized carbons (Fsp3) is 0.0435. The summed E-state index contributed by atoms with van der Waals surface area (Å²) in [5, 5.41) is 19.1. The highest BCUT2D eigenvalue weighted by molar-refractivity contribution is 6.08. The number of amides is 1. The van der Waals surface area contributed by atoms with Gasteiger partial charge in [-0.25, -0.2) is 0 Å². The SMILES string of the molecule is Cc1ccccc1-c1nnc(-c2ccc(C(=O)Nc3cccc4cn[nH]c34)cc2)o1. The molecule has 3 aromatic carbocycles. The van der Waals surface area contributed by atoms with Gasteiger partial charge >= 0.3 is 0 Å². The smallest absolute Gasteiger partial charge is 0.255 e. The molecule has 0 aliphatic carbocycles. The van der Waals surface area contributed by atoms with Crippen LogP contribution < -0.4 is 5.32 Å². The van der Waals surface area contributed by atoms with Crippen molar-refractivity contribution in [1.82, 2.24) is 20.4 Å². The second-order valence-electron chi connectivity index (χ2n) is 6.90. The highest BCUT2D eigenvalue weighted by Gasteiger charge is 2.14. The molecule has 0 atom stereocenters. The molecule has 0 radical (unpaired) electrons. The lowest BCUT2D eigenvalue weighted by molar-refractivity contribution is 0.102. The molecule has 2 aromatic heterocycles. The molecule has 7 nitrogen and oxygen atoms in total. The minimum Gasteiger partial charge on any atom is -0.416 e. The average molecular weight is 395 g/mol. The van der Waals surface area contributed by atoms with Crippen molar-refractivity contribution in [2.75, 3.05) is 5.32 Å². The maximum Gasteiger partial charge on any atom is 0.255 e. The Morgan fingerprint density at radius 3 is 2.57 bits per heavy atom. The number of para-hydroxylation sites is 1. The predicted molar refractivity (Wildman–Crippen MR) is 114 cm³/mol. The summed E-state index contributed by atoms with van der Waals surface area (Å²) in [7, 11) is 0. The van der Waals surface area contributed by atoms with Crippen molar-refractivity contribution in [2.45, 2.75) is 6.92 Å². The van der Waals surface area contributed by atoms with E-state index in [-0.39, 0.29) is 5.91 Å². The van der Waals surface area contributed by atoms with E-state index in [4.69, 9.17) is 4.42 Å². The van der Waals surface area contributed by atoms with Crippen molar-refractivity contribution in [3.8, 4) is 22.9 Å². The van der Waals surface area contributed by atoms with Gasteiger partial charge < -0.3 is 9.73 Å². The molecular weight excluding hydrogens is 378 g/mol. The molecule has 5 rings (SSSR count). The lowest BCUT2D eigenvalue weighted by Gasteiger charge is -2.06. The van der Waals surface area contributed by atoms with Crippen LogP contribution in [0, 0.1) is 6.92 Å². The van der Waals surface area contributed by atoms with E-state index in [9.17, 15) is 4.79 Å². The second-order valence-corrected chi connectivity index (χ2v) is 6.90. The van der Waals surface area contributed by atoms with Gasteiger partial charge in [0, 0.05) is 22.1 Å². The highest BCUT2D eigenvalue weighted by Crippen LogP contribution is 2.26. The van der Waals surface area contributed by atoms with Crippen LogP contribution in [-0.2, 0) is 0 Å². The van der Waals surface area contributed by atoms with Crippen LogP contribution in [0.1, 0.15) is 15.9 Å². The van der Waals surface area contributed by atoms with E-state index < -0.39 is 0 Å². The number of carbonyl (C=O) groups is 1. The van der Waals surface area contributed by atoms with Crippen molar-refractivity contribution < 1.29 is 9.21 Å². The Bertz CT molecular complexity index is 1350.